The molecule has 0 aliphatic carbocycles. The third kappa shape index (κ3) is 1.34. The highest BCUT2D eigenvalue weighted by atomic mass is 35.5. The Labute approximate surface area is 57.9 Å². The minimum absolute atomic E-state index is 0.0590. The summed E-state index contributed by atoms with van der Waals surface area (Å²) in [5.74, 6) is -1.06. The summed E-state index contributed by atoms with van der Waals surface area (Å²) in [7, 11) is 0. The Morgan fingerprint density at radius 2 is 2.00 bits per heavy atom. The topological polar surface area (TPSA) is 18.5 Å². The molecule has 1 aliphatic rings. The van der Waals surface area contributed by atoms with Gasteiger partial charge in [0.05, 0.1) is 19.1 Å². The Bertz CT molecular complexity index is 87.0. The fourth-order valence-corrected chi connectivity index (χ4v) is 0.913. The van der Waals surface area contributed by atoms with Crippen LogP contribution in [0.15, 0.2) is 0 Å². The van der Waals surface area contributed by atoms with Crippen molar-refractivity contribution in [1.82, 2.24) is 0 Å². The molecule has 1 fully saturated rings. The Hall–Kier alpha value is 0.140. The van der Waals surface area contributed by atoms with Crippen molar-refractivity contribution in [1.29, 1.82) is 0 Å². The molecule has 0 saturated carbocycles. The third-order valence-corrected chi connectivity index (χ3v) is 1.63. The Kier molecular flexibility index (Phi) is 2.27. The van der Waals surface area contributed by atoms with Gasteiger partial charge >= 0.3 is 0 Å². The van der Waals surface area contributed by atoms with E-state index in [-0.39, 0.29) is 5.88 Å². The average molecular weight is 155 g/mol. The van der Waals surface area contributed by atoms with Crippen molar-refractivity contribution in [3.05, 3.63) is 0 Å². The summed E-state index contributed by atoms with van der Waals surface area (Å²) in [6.07, 6.45) is 0. The Morgan fingerprint density at radius 3 is 2.22 bits per heavy atom. The van der Waals surface area contributed by atoms with Crippen LogP contribution in [-0.2, 0) is 9.47 Å². The number of rotatable bonds is 2. The van der Waals surface area contributed by atoms with Gasteiger partial charge in [0.1, 0.15) is 6.67 Å². The highest BCUT2D eigenvalue weighted by Crippen LogP contribution is 2.20. The predicted molar refractivity (Wildman–Crippen MR) is 31.3 cm³/mol. The molecule has 2 nitrogen and oxygen atoms in total. The van der Waals surface area contributed by atoms with Gasteiger partial charge in [-0.05, 0) is 0 Å². The Morgan fingerprint density at radius 1 is 1.44 bits per heavy atom. The number of halogens is 2. The lowest BCUT2D eigenvalue weighted by Crippen LogP contribution is -2.34. The molecule has 0 radical (unpaired) electrons. The van der Waals surface area contributed by atoms with Gasteiger partial charge in [0.15, 0.2) is 0 Å². The minimum atomic E-state index is -1.12. The molecule has 54 valence electrons. The lowest BCUT2D eigenvalue weighted by molar-refractivity contribution is -0.149. The van der Waals surface area contributed by atoms with E-state index in [1.54, 1.807) is 0 Å². The highest BCUT2D eigenvalue weighted by Gasteiger charge is 2.35. The molecule has 0 aromatic rings. The smallest absolute Gasteiger partial charge is 0.211 e. The summed E-state index contributed by atoms with van der Waals surface area (Å²) >= 11 is 5.37. The number of hydrogen-bond donors (Lipinski definition) is 0. The molecule has 1 aliphatic heterocycles. The fraction of sp³-hybridized carbons (Fsp3) is 1.00. The molecule has 4 heteroatoms. The molecule has 0 N–H and O–H groups in total. The fourth-order valence-electron chi connectivity index (χ4n) is 0.687. The van der Waals surface area contributed by atoms with Crippen molar-refractivity contribution >= 4 is 11.6 Å². The van der Waals surface area contributed by atoms with Crippen LogP contribution >= 0.6 is 11.6 Å². The number of hydrogen-bond acceptors (Lipinski definition) is 2. The standard InChI is InChI=1S/C5H8ClFO2/c6-3-5(4-7)8-1-2-9-5/h1-4H2. The molecule has 0 atom stereocenters. The van der Waals surface area contributed by atoms with Crippen molar-refractivity contribution in [2.75, 3.05) is 25.8 Å². The Balaban J connectivity index is 2.45. The second kappa shape index (κ2) is 2.82. The largest absolute Gasteiger partial charge is 0.344 e. The first kappa shape index (κ1) is 7.25. The van der Waals surface area contributed by atoms with Gasteiger partial charge in [-0.15, -0.1) is 11.6 Å². The first-order valence-electron chi connectivity index (χ1n) is 2.73. The molecule has 0 unspecified atom stereocenters. The van der Waals surface area contributed by atoms with Crippen LogP contribution in [0, 0.1) is 0 Å². The van der Waals surface area contributed by atoms with E-state index in [0.29, 0.717) is 13.2 Å². The van der Waals surface area contributed by atoms with Gasteiger partial charge in [0.2, 0.25) is 5.79 Å². The minimum Gasteiger partial charge on any atom is -0.344 e. The van der Waals surface area contributed by atoms with E-state index in [0.717, 1.165) is 0 Å². The van der Waals surface area contributed by atoms with Crippen molar-refractivity contribution < 1.29 is 13.9 Å². The van der Waals surface area contributed by atoms with Crippen molar-refractivity contribution in [2.45, 2.75) is 5.79 Å². The number of alkyl halides is 2. The monoisotopic (exact) mass is 154 g/mol. The summed E-state index contributed by atoms with van der Waals surface area (Å²) in [6.45, 7) is 0.212. The van der Waals surface area contributed by atoms with Crippen LogP contribution < -0.4 is 0 Å². The molecule has 0 aromatic carbocycles. The van der Waals surface area contributed by atoms with Gasteiger partial charge < -0.3 is 9.47 Å². The quantitative estimate of drug-likeness (QED) is 0.551. The lowest BCUT2D eigenvalue weighted by atomic mass is 10.4. The van der Waals surface area contributed by atoms with Crippen LogP contribution in [-0.4, -0.2) is 31.6 Å². The molecule has 0 amide bonds. The van der Waals surface area contributed by atoms with E-state index in [4.69, 9.17) is 21.1 Å². The zero-order valence-electron chi connectivity index (χ0n) is 4.90. The summed E-state index contributed by atoms with van der Waals surface area (Å²) < 4.78 is 21.8. The van der Waals surface area contributed by atoms with Crippen molar-refractivity contribution in [2.24, 2.45) is 0 Å². The second-order valence-electron chi connectivity index (χ2n) is 1.87. The van der Waals surface area contributed by atoms with Crippen molar-refractivity contribution in [3.63, 3.8) is 0 Å². The van der Waals surface area contributed by atoms with Crippen LogP contribution in [0.1, 0.15) is 0 Å². The van der Waals surface area contributed by atoms with Crippen molar-refractivity contribution in [3.8, 4) is 0 Å². The summed E-state index contributed by atoms with van der Waals surface area (Å²) in [4.78, 5) is 0. The zero-order valence-corrected chi connectivity index (χ0v) is 5.66. The van der Waals surface area contributed by atoms with E-state index < -0.39 is 12.5 Å². The van der Waals surface area contributed by atoms with Crippen LogP contribution in [0.4, 0.5) is 4.39 Å². The maximum atomic E-state index is 12.0. The van der Waals surface area contributed by atoms with Gasteiger partial charge in [0, 0.05) is 0 Å². The van der Waals surface area contributed by atoms with Gasteiger partial charge in [-0.25, -0.2) is 4.39 Å². The zero-order chi connectivity index (χ0) is 6.74. The molecule has 0 aromatic heterocycles. The number of ether oxygens (including phenoxy) is 2. The van der Waals surface area contributed by atoms with Crippen LogP contribution in [0.2, 0.25) is 0 Å². The first-order valence-corrected chi connectivity index (χ1v) is 3.26. The summed E-state index contributed by atoms with van der Waals surface area (Å²) in [6, 6.07) is 0. The van der Waals surface area contributed by atoms with Crippen LogP contribution in [0.25, 0.3) is 0 Å². The highest BCUT2D eigenvalue weighted by molar-refractivity contribution is 6.18. The van der Waals surface area contributed by atoms with Gasteiger partial charge in [-0.3, -0.25) is 0 Å². The molecule has 1 saturated heterocycles. The molecule has 1 rings (SSSR count). The lowest BCUT2D eigenvalue weighted by Gasteiger charge is -2.19. The second-order valence-corrected chi connectivity index (χ2v) is 2.14. The van der Waals surface area contributed by atoms with E-state index in [9.17, 15) is 4.39 Å². The van der Waals surface area contributed by atoms with E-state index in [1.807, 2.05) is 0 Å². The maximum absolute atomic E-state index is 12.0. The predicted octanol–water partition coefficient (Wildman–Crippen LogP) is 0.938. The van der Waals surface area contributed by atoms with E-state index in [2.05, 4.69) is 0 Å². The summed E-state index contributed by atoms with van der Waals surface area (Å²) in [5, 5.41) is 0. The van der Waals surface area contributed by atoms with Crippen LogP contribution in [0.5, 0.6) is 0 Å². The van der Waals surface area contributed by atoms with Gasteiger partial charge in [0.25, 0.3) is 0 Å². The molecular weight excluding hydrogens is 147 g/mol. The van der Waals surface area contributed by atoms with Gasteiger partial charge in [-0.1, -0.05) is 0 Å². The van der Waals surface area contributed by atoms with E-state index >= 15 is 0 Å². The third-order valence-electron chi connectivity index (χ3n) is 1.22. The molecule has 0 bridgehead atoms. The average Bonchev–Trinajstić information content (AvgIpc) is 2.36. The molecular formula is C5H8ClFO2. The molecule has 9 heavy (non-hydrogen) atoms. The SMILES string of the molecule is FCC1(CCl)OCCO1. The normalized spacial score (nSPS) is 24.7. The maximum Gasteiger partial charge on any atom is 0.211 e. The van der Waals surface area contributed by atoms with Crippen LogP contribution in [0.3, 0.4) is 0 Å². The summed E-state index contributed by atoms with van der Waals surface area (Å²) in [5.41, 5.74) is 0. The van der Waals surface area contributed by atoms with Gasteiger partial charge in [-0.2, -0.15) is 0 Å². The molecule has 1 heterocycles. The first-order chi connectivity index (χ1) is 4.33. The van der Waals surface area contributed by atoms with E-state index in [1.165, 1.54) is 0 Å². The molecule has 0 spiro atoms.